The lowest BCUT2D eigenvalue weighted by Crippen LogP contribution is -2.49. The van der Waals surface area contributed by atoms with Crippen LogP contribution in [0.5, 0.6) is 5.75 Å². The molecule has 1 fully saturated rings. The zero-order valence-electron chi connectivity index (χ0n) is 14.7. The molecule has 0 spiro atoms. The number of halogens is 1. The van der Waals surface area contributed by atoms with Crippen molar-refractivity contribution in [2.45, 2.75) is 6.54 Å². The van der Waals surface area contributed by atoms with E-state index in [1.807, 2.05) is 0 Å². The van der Waals surface area contributed by atoms with Crippen molar-refractivity contribution in [2.75, 3.05) is 32.8 Å². The molecule has 2 aromatic carbocycles. The maximum absolute atomic E-state index is 12.9. The molecular formula is C19H20FN3O4. The number of hydrogen-bond acceptors (Lipinski definition) is 5. The molecule has 0 radical (unpaired) electrons. The summed E-state index contributed by atoms with van der Waals surface area (Å²) in [5.74, 6) is -0.0482. The Morgan fingerprint density at radius 3 is 2.41 bits per heavy atom. The molecular weight excluding hydrogens is 353 g/mol. The minimum Gasteiger partial charge on any atom is -0.484 e. The molecule has 1 saturated heterocycles. The van der Waals surface area contributed by atoms with Gasteiger partial charge in [0.05, 0.1) is 4.92 Å². The Hall–Kier alpha value is -3.00. The van der Waals surface area contributed by atoms with Crippen LogP contribution in [0.2, 0.25) is 0 Å². The predicted molar refractivity (Wildman–Crippen MR) is 96.8 cm³/mol. The Bertz CT molecular complexity index is 805. The van der Waals surface area contributed by atoms with E-state index in [1.54, 1.807) is 23.1 Å². The van der Waals surface area contributed by atoms with Gasteiger partial charge in [0, 0.05) is 44.4 Å². The van der Waals surface area contributed by atoms with Crippen molar-refractivity contribution >= 4 is 11.6 Å². The summed E-state index contributed by atoms with van der Waals surface area (Å²) < 4.78 is 18.3. The van der Waals surface area contributed by atoms with Crippen LogP contribution in [0.4, 0.5) is 10.1 Å². The van der Waals surface area contributed by atoms with E-state index in [2.05, 4.69) is 4.90 Å². The Labute approximate surface area is 156 Å². The van der Waals surface area contributed by atoms with Gasteiger partial charge < -0.3 is 9.64 Å². The Balaban J connectivity index is 1.48. The second-order valence-corrected chi connectivity index (χ2v) is 6.29. The first-order valence-electron chi connectivity index (χ1n) is 8.64. The standard InChI is InChI=1S/C19H20FN3O4/c20-16-5-7-17(8-6-16)27-14-19(24)22-11-9-21(10-12-22)13-15-3-1-2-4-18(15)23(25)26/h1-8H,9-14H2. The highest BCUT2D eigenvalue weighted by Crippen LogP contribution is 2.20. The lowest BCUT2D eigenvalue weighted by Gasteiger charge is -2.34. The molecule has 8 heteroatoms. The number of carbonyl (C=O) groups is 1. The molecule has 0 N–H and O–H groups in total. The number of ether oxygens (including phenoxy) is 1. The third kappa shape index (κ3) is 5.01. The van der Waals surface area contributed by atoms with Crippen LogP contribution in [0.3, 0.4) is 0 Å². The van der Waals surface area contributed by atoms with E-state index < -0.39 is 0 Å². The van der Waals surface area contributed by atoms with Gasteiger partial charge in [-0.25, -0.2) is 4.39 Å². The number of carbonyl (C=O) groups excluding carboxylic acids is 1. The number of nitrogens with zero attached hydrogens (tertiary/aromatic N) is 3. The van der Waals surface area contributed by atoms with Gasteiger partial charge >= 0.3 is 0 Å². The maximum atomic E-state index is 12.9. The zero-order chi connectivity index (χ0) is 19.2. The normalized spacial score (nSPS) is 14.8. The molecule has 1 aliphatic rings. The van der Waals surface area contributed by atoms with Gasteiger partial charge in [-0.15, -0.1) is 0 Å². The van der Waals surface area contributed by atoms with Gasteiger partial charge in [0.15, 0.2) is 6.61 Å². The fraction of sp³-hybridized carbons (Fsp3) is 0.316. The van der Waals surface area contributed by atoms with E-state index in [4.69, 9.17) is 4.74 Å². The van der Waals surface area contributed by atoms with Gasteiger partial charge in [-0.3, -0.25) is 19.8 Å². The van der Waals surface area contributed by atoms with E-state index in [0.29, 0.717) is 44.0 Å². The van der Waals surface area contributed by atoms with Crippen molar-refractivity contribution in [3.05, 3.63) is 70.0 Å². The summed E-state index contributed by atoms with van der Waals surface area (Å²) in [5, 5.41) is 11.1. The van der Waals surface area contributed by atoms with E-state index in [9.17, 15) is 19.3 Å². The van der Waals surface area contributed by atoms with E-state index in [-0.39, 0.29) is 28.9 Å². The van der Waals surface area contributed by atoms with Crippen LogP contribution in [0.1, 0.15) is 5.56 Å². The van der Waals surface area contributed by atoms with E-state index in [1.165, 1.54) is 30.3 Å². The first kappa shape index (κ1) is 18.8. The van der Waals surface area contributed by atoms with Crippen molar-refractivity contribution in [3.8, 4) is 5.75 Å². The van der Waals surface area contributed by atoms with Crippen LogP contribution < -0.4 is 4.74 Å². The second-order valence-electron chi connectivity index (χ2n) is 6.29. The first-order chi connectivity index (χ1) is 13.0. The number of para-hydroxylation sites is 1. The molecule has 3 rings (SSSR count). The minimum atomic E-state index is -0.373. The van der Waals surface area contributed by atoms with Gasteiger partial charge in [0.2, 0.25) is 0 Å². The molecule has 0 unspecified atom stereocenters. The van der Waals surface area contributed by atoms with E-state index in [0.717, 1.165) is 0 Å². The van der Waals surface area contributed by atoms with Crippen molar-refractivity contribution in [2.24, 2.45) is 0 Å². The van der Waals surface area contributed by atoms with Gasteiger partial charge in [-0.05, 0) is 24.3 Å². The number of piperazine rings is 1. The molecule has 1 heterocycles. The average molecular weight is 373 g/mol. The number of amides is 1. The molecule has 1 aliphatic heterocycles. The highest BCUT2D eigenvalue weighted by molar-refractivity contribution is 5.77. The van der Waals surface area contributed by atoms with E-state index >= 15 is 0 Å². The number of nitro benzene ring substituents is 1. The molecule has 2 aromatic rings. The Morgan fingerprint density at radius 2 is 1.74 bits per heavy atom. The highest BCUT2D eigenvalue weighted by atomic mass is 19.1. The van der Waals surface area contributed by atoms with Crippen LogP contribution in [0, 0.1) is 15.9 Å². The van der Waals surface area contributed by atoms with Crippen LogP contribution in [0.15, 0.2) is 48.5 Å². The summed E-state index contributed by atoms with van der Waals surface area (Å²) in [7, 11) is 0. The van der Waals surface area contributed by atoms with Crippen LogP contribution in [-0.2, 0) is 11.3 Å². The second kappa shape index (κ2) is 8.59. The van der Waals surface area contributed by atoms with Crippen molar-refractivity contribution in [1.29, 1.82) is 0 Å². The number of nitro groups is 1. The molecule has 0 bridgehead atoms. The summed E-state index contributed by atoms with van der Waals surface area (Å²) in [5.41, 5.74) is 0.783. The number of benzene rings is 2. The predicted octanol–water partition coefficient (Wildman–Crippen LogP) is 2.46. The molecule has 27 heavy (non-hydrogen) atoms. The molecule has 0 atom stereocenters. The molecule has 0 aromatic heterocycles. The van der Waals surface area contributed by atoms with Crippen LogP contribution >= 0.6 is 0 Å². The third-order valence-electron chi connectivity index (χ3n) is 4.48. The Kier molecular flexibility index (Phi) is 5.97. The fourth-order valence-corrected chi connectivity index (χ4v) is 2.99. The summed E-state index contributed by atoms with van der Waals surface area (Å²) in [6.45, 7) is 2.71. The zero-order valence-corrected chi connectivity index (χ0v) is 14.7. The average Bonchev–Trinajstić information content (AvgIpc) is 2.68. The summed E-state index contributed by atoms with van der Waals surface area (Å²) >= 11 is 0. The summed E-state index contributed by atoms with van der Waals surface area (Å²) in [6.07, 6.45) is 0. The first-order valence-corrected chi connectivity index (χ1v) is 8.64. The van der Waals surface area contributed by atoms with Crippen molar-refractivity contribution in [3.63, 3.8) is 0 Å². The maximum Gasteiger partial charge on any atom is 0.273 e. The fourth-order valence-electron chi connectivity index (χ4n) is 2.99. The Morgan fingerprint density at radius 1 is 1.07 bits per heavy atom. The summed E-state index contributed by atoms with van der Waals surface area (Å²) in [4.78, 5) is 26.8. The van der Waals surface area contributed by atoms with Crippen LogP contribution in [-0.4, -0.2) is 53.4 Å². The van der Waals surface area contributed by atoms with Gasteiger partial charge in [0.25, 0.3) is 11.6 Å². The quantitative estimate of drug-likeness (QED) is 0.574. The minimum absolute atomic E-state index is 0.101. The van der Waals surface area contributed by atoms with Gasteiger partial charge in [-0.2, -0.15) is 0 Å². The molecule has 0 saturated carbocycles. The van der Waals surface area contributed by atoms with Crippen molar-refractivity contribution < 1.29 is 18.8 Å². The monoisotopic (exact) mass is 373 g/mol. The third-order valence-corrected chi connectivity index (χ3v) is 4.48. The summed E-state index contributed by atoms with van der Waals surface area (Å²) in [6, 6.07) is 12.2. The van der Waals surface area contributed by atoms with Crippen molar-refractivity contribution in [1.82, 2.24) is 9.80 Å². The molecule has 0 aliphatic carbocycles. The molecule has 1 amide bonds. The topological polar surface area (TPSA) is 75.9 Å². The van der Waals surface area contributed by atoms with Gasteiger partial charge in [0.1, 0.15) is 11.6 Å². The molecule has 7 nitrogen and oxygen atoms in total. The SMILES string of the molecule is O=C(COc1ccc(F)cc1)N1CCN(Cc2ccccc2[N+](=O)[O-])CC1. The smallest absolute Gasteiger partial charge is 0.273 e. The number of hydrogen-bond donors (Lipinski definition) is 0. The lowest BCUT2D eigenvalue weighted by atomic mass is 10.1. The largest absolute Gasteiger partial charge is 0.484 e. The highest BCUT2D eigenvalue weighted by Gasteiger charge is 2.23. The number of rotatable bonds is 6. The molecule has 142 valence electrons. The lowest BCUT2D eigenvalue weighted by molar-refractivity contribution is -0.385. The van der Waals surface area contributed by atoms with Gasteiger partial charge in [-0.1, -0.05) is 18.2 Å². The van der Waals surface area contributed by atoms with Crippen LogP contribution in [0.25, 0.3) is 0 Å².